The molecule has 8 heteroatoms. The van der Waals surface area contributed by atoms with Crippen LogP contribution in [0, 0.1) is 0 Å². The third-order valence-corrected chi connectivity index (χ3v) is 3.44. The van der Waals surface area contributed by atoms with Crippen LogP contribution < -0.4 is 21.1 Å². The van der Waals surface area contributed by atoms with Crippen molar-refractivity contribution in [3.63, 3.8) is 0 Å². The van der Waals surface area contributed by atoms with Crippen LogP contribution in [0.15, 0.2) is 53.7 Å². The molecule has 1 aromatic heterocycles. The fourth-order valence-electron chi connectivity index (χ4n) is 2.26. The summed E-state index contributed by atoms with van der Waals surface area (Å²) in [6, 6.07) is 13.3. The van der Waals surface area contributed by atoms with Crippen LogP contribution in [-0.2, 0) is 17.8 Å². The minimum absolute atomic E-state index is 0. The van der Waals surface area contributed by atoms with E-state index in [1.807, 2.05) is 43.3 Å². The summed E-state index contributed by atoms with van der Waals surface area (Å²) in [6.45, 7) is 3.90. The Kier molecular flexibility index (Phi) is 10.8. The zero-order valence-corrected chi connectivity index (χ0v) is 17.7. The molecule has 1 amide bonds. The number of aliphatic imine (C=N–C) groups is 1. The van der Waals surface area contributed by atoms with E-state index in [9.17, 15) is 4.79 Å². The van der Waals surface area contributed by atoms with Crippen LogP contribution in [0.2, 0.25) is 0 Å². The number of carbonyl (C=O) groups is 1. The molecule has 1 aromatic carbocycles. The third-order valence-electron chi connectivity index (χ3n) is 3.44. The number of nitrogens with two attached hydrogens (primary N) is 1. The van der Waals surface area contributed by atoms with E-state index in [1.165, 1.54) is 0 Å². The minimum atomic E-state index is -0.500. The number of hydrogen-bond acceptors (Lipinski definition) is 4. The van der Waals surface area contributed by atoms with Crippen LogP contribution in [0.25, 0.3) is 0 Å². The van der Waals surface area contributed by atoms with E-state index in [0.29, 0.717) is 12.3 Å². The highest BCUT2D eigenvalue weighted by atomic mass is 127. The molecule has 0 aliphatic carbocycles. The average Bonchev–Trinajstić information content (AvgIpc) is 2.65. The number of pyridine rings is 1. The first kappa shape index (κ1) is 22.7. The summed E-state index contributed by atoms with van der Waals surface area (Å²) < 4.78 is 5.32. The zero-order chi connectivity index (χ0) is 18.6. The summed E-state index contributed by atoms with van der Waals surface area (Å²) >= 11 is 0. The van der Waals surface area contributed by atoms with Gasteiger partial charge in [-0.2, -0.15) is 0 Å². The molecule has 146 valence electrons. The van der Waals surface area contributed by atoms with Crippen molar-refractivity contribution in [2.24, 2.45) is 10.7 Å². The normalized spacial score (nSPS) is 10.6. The molecule has 2 rings (SSSR count). The van der Waals surface area contributed by atoms with E-state index in [1.54, 1.807) is 12.3 Å². The molecule has 0 fully saturated rings. The number of rotatable bonds is 9. The van der Waals surface area contributed by atoms with Gasteiger partial charge < -0.3 is 21.1 Å². The molecule has 0 radical (unpaired) electrons. The van der Waals surface area contributed by atoms with Crippen molar-refractivity contribution in [3.05, 3.63) is 59.9 Å². The largest absolute Gasteiger partial charge is 0.484 e. The van der Waals surface area contributed by atoms with E-state index in [4.69, 9.17) is 10.5 Å². The Bertz CT molecular complexity index is 725. The van der Waals surface area contributed by atoms with E-state index < -0.39 is 5.91 Å². The predicted molar refractivity (Wildman–Crippen MR) is 117 cm³/mol. The maximum Gasteiger partial charge on any atom is 0.255 e. The van der Waals surface area contributed by atoms with Gasteiger partial charge in [-0.25, -0.2) is 4.99 Å². The van der Waals surface area contributed by atoms with Crippen molar-refractivity contribution >= 4 is 35.8 Å². The molecule has 2 aromatic rings. The Morgan fingerprint density at radius 2 is 2.07 bits per heavy atom. The van der Waals surface area contributed by atoms with E-state index >= 15 is 0 Å². The zero-order valence-electron chi connectivity index (χ0n) is 15.4. The Balaban J connectivity index is 0.00000364. The summed E-state index contributed by atoms with van der Waals surface area (Å²) in [4.78, 5) is 19.7. The lowest BCUT2D eigenvalue weighted by molar-refractivity contribution is -0.119. The van der Waals surface area contributed by atoms with Gasteiger partial charge in [-0.3, -0.25) is 9.78 Å². The molecule has 7 nitrogen and oxygen atoms in total. The average molecular weight is 483 g/mol. The standard InChI is InChI=1S/C19H25N5O2.HI/c1-2-21-19(23-11-9-16-7-3-4-10-22-16)24-13-15-6-5-8-17(12-15)26-14-18(20)25;/h3-8,10,12H,2,9,11,13-14H2,1H3,(H2,20,25)(H2,21,23,24);1H. The molecule has 0 atom stereocenters. The third kappa shape index (κ3) is 9.23. The molecule has 0 aliphatic heterocycles. The van der Waals surface area contributed by atoms with Gasteiger partial charge in [0.2, 0.25) is 0 Å². The molecule has 4 N–H and O–H groups in total. The number of nitrogens with one attached hydrogen (secondary N) is 2. The van der Waals surface area contributed by atoms with E-state index in [2.05, 4.69) is 20.6 Å². The molecule has 0 bridgehead atoms. The lowest BCUT2D eigenvalue weighted by Crippen LogP contribution is -2.38. The summed E-state index contributed by atoms with van der Waals surface area (Å²) in [6.07, 6.45) is 2.61. The van der Waals surface area contributed by atoms with Crippen LogP contribution in [0.5, 0.6) is 5.75 Å². The summed E-state index contributed by atoms with van der Waals surface area (Å²) in [5.74, 6) is 0.844. The second-order valence-electron chi connectivity index (χ2n) is 5.60. The number of nitrogens with zero attached hydrogens (tertiary/aromatic N) is 2. The topological polar surface area (TPSA) is 102 Å². The van der Waals surface area contributed by atoms with Crippen molar-refractivity contribution in [3.8, 4) is 5.75 Å². The number of aromatic nitrogens is 1. The summed E-state index contributed by atoms with van der Waals surface area (Å²) in [5.41, 5.74) is 7.11. The highest BCUT2D eigenvalue weighted by molar-refractivity contribution is 14.0. The monoisotopic (exact) mass is 483 g/mol. The maximum absolute atomic E-state index is 10.8. The number of halogens is 1. The first-order chi connectivity index (χ1) is 12.7. The number of hydrogen-bond donors (Lipinski definition) is 3. The molecule has 0 spiro atoms. The van der Waals surface area contributed by atoms with E-state index in [0.717, 1.165) is 36.7 Å². The highest BCUT2D eigenvalue weighted by Crippen LogP contribution is 2.13. The quantitative estimate of drug-likeness (QED) is 0.287. The highest BCUT2D eigenvalue weighted by Gasteiger charge is 2.01. The van der Waals surface area contributed by atoms with Gasteiger partial charge in [0.15, 0.2) is 12.6 Å². The number of ether oxygens (including phenoxy) is 1. The van der Waals surface area contributed by atoms with Gasteiger partial charge in [-0.05, 0) is 36.8 Å². The Labute approximate surface area is 176 Å². The lowest BCUT2D eigenvalue weighted by atomic mass is 10.2. The molecule has 0 unspecified atom stereocenters. The number of benzene rings is 1. The van der Waals surface area contributed by atoms with Gasteiger partial charge in [0.1, 0.15) is 5.75 Å². The second kappa shape index (κ2) is 12.9. The predicted octanol–water partition coefficient (Wildman–Crippen LogP) is 1.86. The van der Waals surface area contributed by atoms with Gasteiger partial charge >= 0.3 is 0 Å². The smallest absolute Gasteiger partial charge is 0.255 e. The van der Waals surface area contributed by atoms with Crippen molar-refractivity contribution in [2.75, 3.05) is 19.7 Å². The Hall–Kier alpha value is -2.36. The number of guanidine groups is 1. The van der Waals surface area contributed by atoms with Gasteiger partial charge in [0, 0.05) is 31.4 Å². The van der Waals surface area contributed by atoms with Crippen LogP contribution in [-0.4, -0.2) is 36.5 Å². The number of carbonyl (C=O) groups excluding carboxylic acids is 1. The van der Waals surface area contributed by atoms with Crippen LogP contribution >= 0.6 is 24.0 Å². The van der Waals surface area contributed by atoms with Crippen molar-refractivity contribution in [1.29, 1.82) is 0 Å². The van der Waals surface area contributed by atoms with Gasteiger partial charge in [0.25, 0.3) is 5.91 Å². The molecular weight excluding hydrogens is 457 g/mol. The molecule has 1 heterocycles. The van der Waals surface area contributed by atoms with Gasteiger partial charge in [0.05, 0.1) is 6.54 Å². The summed E-state index contributed by atoms with van der Waals surface area (Å²) in [7, 11) is 0. The maximum atomic E-state index is 10.8. The number of amides is 1. The summed E-state index contributed by atoms with van der Waals surface area (Å²) in [5, 5.41) is 6.52. The molecule has 27 heavy (non-hydrogen) atoms. The fourth-order valence-corrected chi connectivity index (χ4v) is 2.26. The van der Waals surface area contributed by atoms with Crippen LogP contribution in [0.3, 0.4) is 0 Å². The molecule has 0 saturated heterocycles. The molecule has 0 aliphatic rings. The second-order valence-corrected chi connectivity index (χ2v) is 5.60. The lowest BCUT2D eigenvalue weighted by Gasteiger charge is -2.11. The number of primary amides is 1. The Morgan fingerprint density at radius 3 is 2.78 bits per heavy atom. The molecule has 0 saturated carbocycles. The SMILES string of the molecule is CCNC(=NCc1cccc(OCC(N)=O)c1)NCCc1ccccn1.I. The van der Waals surface area contributed by atoms with Crippen molar-refractivity contribution in [2.45, 2.75) is 19.9 Å². The van der Waals surface area contributed by atoms with Crippen molar-refractivity contribution < 1.29 is 9.53 Å². The fraction of sp³-hybridized carbons (Fsp3) is 0.316. The van der Waals surface area contributed by atoms with E-state index in [-0.39, 0.29) is 30.6 Å². The van der Waals surface area contributed by atoms with Crippen molar-refractivity contribution in [1.82, 2.24) is 15.6 Å². The first-order valence-corrected chi connectivity index (χ1v) is 8.59. The first-order valence-electron chi connectivity index (χ1n) is 8.59. The van der Waals surface area contributed by atoms with Crippen LogP contribution in [0.1, 0.15) is 18.2 Å². The Morgan fingerprint density at radius 1 is 1.22 bits per heavy atom. The van der Waals surface area contributed by atoms with Gasteiger partial charge in [-0.1, -0.05) is 18.2 Å². The molecular formula is C19H26IN5O2. The minimum Gasteiger partial charge on any atom is -0.484 e. The van der Waals surface area contributed by atoms with Crippen LogP contribution in [0.4, 0.5) is 0 Å². The van der Waals surface area contributed by atoms with Gasteiger partial charge in [-0.15, -0.1) is 24.0 Å².